The highest BCUT2D eigenvalue weighted by atomic mass is 16.2. The Kier molecular flexibility index (Phi) is 6.77. The number of nitrogens with one attached hydrogen (secondary N) is 1. The molecule has 5 nitrogen and oxygen atoms in total. The summed E-state index contributed by atoms with van der Waals surface area (Å²) >= 11 is 0. The van der Waals surface area contributed by atoms with Gasteiger partial charge in [0.2, 0.25) is 5.91 Å². The summed E-state index contributed by atoms with van der Waals surface area (Å²) in [6, 6.07) is 19.9. The van der Waals surface area contributed by atoms with Gasteiger partial charge in [-0.05, 0) is 68.8 Å². The molecule has 2 heterocycles. The van der Waals surface area contributed by atoms with E-state index >= 15 is 0 Å². The topological polar surface area (TPSA) is 52.7 Å². The standard InChI is InChI=1S/C28H35N3O2/c32-27(29-20-26(30-17-9-10-18-30)21-11-3-1-4-12-21)25-19-23-15-7-8-16-24(23)31(25)28(33)22-13-5-2-6-14-22/h1-6,11-14,23-26H,7-10,15-20H2,(H,29,32). The maximum Gasteiger partial charge on any atom is 0.254 e. The highest BCUT2D eigenvalue weighted by Crippen LogP contribution is 2.40. The third-order valence-corrected chi connectivity index (χ3v) is 7.88. The third-order valence-electron chi connectivity index (χ3n) is 7.88. The van der Waals surface area contributed by atoms with Gasteiger partial charge in [0.05, 0.1) is 6.04 Å². The minimum Gasteiger partial charge on any atom is -0.352 e. The minimum absolute atomic E-state index is 0.00398. The fourth-order valence-electron chi connectivity index (χ4n) is 6.22. The predicted molar refractivity (Wildman–Crippen MR) is 130 cm³/mol. The Morgan fingerprint density at radius 1 is 0.879 bits per heavy atom. The molecule has 2 amide bonds. The van der Waals surface area contributed by atoms with E-state index in [0.717, 1.165) is 38.8 Å². The van der Waals surface area contributed by atoms with Crippen molar-refractivity contribution in [2.24, 2.45) is 5.92 Å². The van der Waals surface area contributed by atoms with Crippen LogP contribution in [0.15, 0.2) is 60.7 Å². The quantitative estimate of drug-likeness (QED) is 0.716. The zero-order chi connectivity index (χ0) is 22.6. The van der Waals surface area contributed by atoms with E-state index in [0.29, 0.717) is 18.0 Å². The number of fused-ring (bicyclic) bond motifs is 1. The predicted octanol–water partition coefficient (Wildman–Crippen LogP) is 4.41. The van der Waals surface area contributed by atoms with Crippen LogP contribution in [0.2, 0.25) is 0 Å². The van der Waals surface area contributed by atoms with Gasteiger partial charge in [0.25, 0.3) is 5.91 Å². The normalized spacial score (nSPS) is 26.1. The van der Waals surface area contributed by atoms with Gasteiger partial charge in [0, 0.05) is 18.2 Å². The van der Waals surface area contributed by atoms with E-state index in [1.807, 2.05) is 41.3 Å². The number of likely N-dealkylation sites (tertiary alicyclic amines) is 2. The molecule has 0 aromatic heterocycles. The molecule has 3 aliphatic rings. The summed E-state index contributed by atoms with van der Waals surface area (Å²) in [6.07, 6.45) is 7.67. The lowest BCUT2D eigenvalue weighted by atomic mass is 9.84. The largest absolute Gasteiger partial charge is 0.352 e. The molecule has 33 heavy (non-hydrogen) atoms. The summed E-state index contributed by atoms with van der Waals surface area (Å²) < 4.78 is 0. The summed E-state index contributed by atoms with van der Waals surface area (Å²) in [5.74, 6) is 0.448. The van der Waals surface area contributed by atoms with Crippen LogP contribution in [-0.2, 0) is 4.79 Å². The van der Waals surface area contributed by atoms with Gasteiger partial charge in [0.1, 0.15) is 6.04 Å². The van der Waals surface area contributed by atoms with E-state index in [4.69, 9.17) is 0 Å². The number of amides is 2. The molecule has 4 atom stereocenters. The van der Waals surface area contributed by atoms with E-state index in [2.05, 4.69) is 34.5 Å². The first-order valence-corrected chi connectivity index (χ1v) is 12.7. The maximum atomic E-state index is 13.6. The lowest BCUT2D eigenvalue weighted by molar-refractivity contribution is -0.125. The summed E-state index contributed by atoms with van der Waals surface area (Å²) in [7, 11) is 0. The molecule has 0 bridgehead atoms. The number of rotatable bonds is 6. The molecule has 5 heteroatoms. The molecule has 4 unspecified atom stereocenters. The van der Waals surface area contributed by atoms with Crippen LogP contribution in [0, 0.1) is 5.92 Å². The highest BCUT2D eigenvalue weighted by Gasteiger charge is 2.47. The van der Waals surface area contributed by atoms with Crippen molar-refractivity contribution in [3.8, 4) is 0 Å². The van der Waals surface area contributed by atoms with Gasteiger partial charge in [-0.3, -0.25) is 14.5 Å². The van der Waals surface area contributed by atoms with Crippen LogP contribution in [0.3, 0.4) is 0 Å². The van der Waals surface area contributed by atoms with Crippen LogP contribution in [0.5, 0.6) is 0 Å². The Balaban J connectivity index is 1.34. The Bertz CT molecular complexity index is 942. The van der Waals surface area contributed by atoms with Crippen molar-refractivity contribution in [2.75, 3.05) is 19.6 Å². The number of nitrogens with zero attached hydrogens (tertiary/aromatic N) is 2. The number of carbonyl (C=O) groups is 2. The summed E-state index contributed by atoms with van der Waals surface area (Å²) in [6.45, 7) is 2.73. The molecule has 2 aliphatic heterocycles. The third kappa shape index (κ3) is 4.70. The molecule has 174 valence electrons. The van der Waals surface area contributed by atoms with Gasteiger partial charge in [-0.1, -0.05) is 61.4 Å². The second kappa shape index (κ2) is 10.1. The first kappa shape index (κ1) is 22.1. The van der Waals surface area contributed by atoms with Crippen LogP contribution in [0.4, 0.5) is 0 Å². The smallest absolute Gasteiger partial charge is 0.254 e. The van der Waals surface area contributed by atoms with Crippen LogP contribution in [-0.4, -0.2) is 53.3 Å². The average molecular weight is 446 g/mol. The zero-order valence-electron chi connectivity index (χ0n) is 19.4. The molecule has 5 rings (SSSR count). The Labute approximate surface area is 197 Å². The van der Waals surface area contributed by atoms with Crippen molar-refractivity contribution in [3.63, 3.8) is 0 Å². The van der Waals surface area contributed by atoms with Crippen molar-refractivity contribution in [1.82, 2.24) is 15.1 Å². The average Bonchev–Trinajstić information content (AvgIpc) is 3.53. The molecule has 1 aliphatic carbocycles. The fourth-order valence-corrected chi connectivity index (χ4v) is 6.22. The number of carbonyl (C=O) groups excluding carboxylic acids is 2. The number of benzene rings is 2. The summed E-state index contributed by atoms with van der Waals surface area (Å²) in [5, 5.41) is 3.27. The number of hydrogen-bond donors (Lipinski definition) is 1. The van der Waals surface area contributed by atoms with Gasteiger partial charge in [0.15, 0.2) is 0 Å². The van der Waals surface area contributed by atoms with Crippen molar-refractivity contribution >= 4 is 11.8 Å². The van der Waals surface area contributed by atoms with Gasteiger partial charge in [-0.15, -0.1) is 0 Å². The lowest BCUT2D eigenvalue weighted by Crippen LogP contribution is -2.50. The molecule has 1 saturated carbocycles. The van der Waals surface area contributed by atoms with Crippen LogP contribution in [0.25, 0.3) is 0 Å². The first-order valence-electron chi connectivity index (χ1n) is 12.7. The molecule has 3 fully saturated rings. The minimum atomic E-state index is -0.374. The second-order valence-corrected chi connectivity index (χ2v) is 9.86. The van der Waals surface area contributed by atoms with E-state index in [-0.39, 0.29) is 29.9 Å². The fraction of sp³-hybridized carbons (Fsp3) is 0.500. The van der Waals surface area contributed by atoms with Crippen LogP contribution < -0.4 is 5.32 Å². The molecule has 2 saturated heterocycles. The molecule has 1 N–H and O–H groups in total. The van der Waals surface area contributed by atoms with Gasteiger partial charge in [-0.25, -0.2) is 0 Å². The van der Waals surface area contributed by atoms with E-state index in [1.54, 1.807) is 0 Å². The number of hydrogen-bond acceptors (Lipinski definition) is 3. The van der Waals surface area contributed by atoms with Gasteiger partial charge < -0.3 is 10.2 Å². The molecular formula is C28H35N3O2. The van der Waals surface area contributed by atoms with Gasteiger partial charge >= 0.3 is 0 Å². The van der Waals surface area contributed by atoms with E-state index in [9.17, 15) is 9.59 Å². The van der Waals surface area contributed by atoms with Crippen LogP contribution in [0.1, 0.15) is 66.9 Å². The zero-order valence-corrected chi connectivity index (χ0v) is 19.4. The van der Waals surface area contributed by atoms with E-state index < -0.39 is 0 Å². The van der Waals surface area contributed by atoms with Crippen molar-refractivity contribution < 1.29 is 9.59 Å². The Morgan fingerprint density at radius 3 is 2.27 bits per heavy atom. The van der Waals surface area contributed by atoms with E-state index in [1.165, 1.54) is 24.8 Å². The monoisotopic (exact) mass is 445 g/mol. The van der Waals surface area contributed by atoms with Crippen LogP contribution >= 0.6 is 0 Å². The van der Waals surface area contributed by atoms with Crippen molar-refractivity contribution in [1.29, 1.82) is 0 Å². The molecular weight excluding hydrogens is 410 g/mol. The maximum absolute atomic E-state index is 13.6. The Morgan fingerprint density at radius 2 is 1.55 bits per heavy atom. The van der Waals surface area contributed by atoms with Crippen molar-refractivity contribution in [3.05, 3.63) is 71.8 Å². The van der Waals surface area contributed by atoms with Crippen molar-refractivity contribution in [2.45, 2.75) is 63.1 Å². The second-order valence-electron chi connectivity index (χ2n) is 9.86. The SMILES string of the molecule is O=C(NCC(c1ccccc1)N1CCCC1)C1CC2CCCCC2N1C(=O)c1ccccc1. The molecule has 0 radical (unpaired) electrons. The lowest BCUT2D eigenvalue weighted by Gasteiger charge is -2.34. The molecule has 2 aromatic rings. The Hall–Kier alpha value is -2.66. The summed E-state index contributed by atoms with van der Waals surface area (Å²) in [4.78, 5) is 31.5. The molecule has 2 aromatic carbocycles. The summed E-state index contributed by atoms with van der Waals surface area (Å²) in [5.41, 5.74) is 1.93. The van der Waals surface area contributed by atoms with Gasteiger partial charge in [-0.2, -0.15) is 0 Å². The molecule has 0 spiro atoms. The highest BCUT2D eigenvalue weighted by molar-refractivity contribution is 5.98. The first-order chi connectivity index (χ1) is 16.2.